The third-order valence-electron chi connectivity index (χ3n) is 4.75. The number of hydrogen-bond acceptors (Lipinski definition) is 1. The highest BCUT2D eigenvalue weighted by atomic mass is 32.1. The molecule has 1 heteroatoms. The van der Waals surface area contributed by atoms with Crippen LogP contribution >= 0.6 is 11.3 Å². The fourth-order valence-corrected chi connectivity index (χ4v) is 4.46. The molecule has 0 radical (unpaired) electrons. The van der Waals surface area contributed by atoms with E-state index >= 15 is 0 Å². The highest BCUT2D eigenvalue weighted by molar-refractivity contribution is 7.17. The van der Waals surface area contributed by atoms with E-state index in [4.69, 9.17) is 0 Å². The van der Waals surface area contributed by atoms with E-state index in [0.717, 1.165) is 0 Å². The largest absolute Gasteiger partial charge is 0.143 e. The fourth-order valence-electron chi connectivity index (χ4n) is 3.53. The van der Waals surface area contributed by atoms with Crippen LogP contribution in [0, 0.1) is 0 Å². The lowest BCUT2D eigenvalue weighted by molar-refractivity contribution is 1.74. The molecule has 1 heterocycles. The molecule has 0 amide bonds. The van der Waals surface area contributed by atoms with Gasteiger partial charge in [-0.1, -0.05) is 78.9 Å². The highest BCUT2D eigenvalue weighted by Gasteiger charge is 2.05. The summed E-state index contributed by atoms with van der Waals surface area (Å²) in [7, 11) is 0. The van der Waals surface area contributed by atoms with Gasteiger partial charge in [0.05, 0.1) is 0 Å². The molecule has 0 fully saturated rings. The lowest BCUT2D eigenvalue weighted by Crippen LogP contribution is -1.82. The molecule has 0 N–H and O–H groups in total. The van der Waals surface area contributed by atoms with Crippen LogP contribution in [0.2, 0.25) is 0 Å². The number of rotatable bonds is 2. The van der Waals surface area contributed by atoms with Crippen molar-refractivity contribution in [3.8, 4) is 0 Å². The predicted octanol–water partition coefficient (Wildman–Crippen LogP) is 7.38. The number of benzene rings is 4. The van der Waals surface area contributed by atoms with Crippen molar-refractivity contribution in [1.29, 1.82) is 0 Å². The van der Waals surface area contributed by atoms with Gasteiger partial charge >= 0.3 is 0 Å². The van der Waals surface area contributed by atoms with Crippen LogP contribution in [0.1, 0.15) is 11.1 Å². The van der Waals surface area contributed by atoms with Gasteiger partial charge in [0.15, 0.2) is 0 Å². The first-order valence-electron chi connectivity index (χ1n) is 8.45. The zero-order valence-electron chi connectivity index (χ0n) is 13.6. The first-order valence-corrected chi connectivity index (χ1v) is 9.33. The normalized spacial score (nSPS) is 11.8. The lowest BCUT2D eigenvalue weighted by Gasteiger charge is -2.07. The van der Waals surface area contributed by atoms with Gasteiger partial charge in [-0.25, -0.2) is 0 Å². The second-order valence-electron chi connectivity index (χ2n) is 6.25. The van der Waals surface area contributed by atoms with Crippen LogP contribution in [0.15, 0.2) is 84.2 Å². The predicted molar refractivity (Wildman–Crippen MR) is 112 cm³/mol. The minimum absolute atomic E-state index is 1.27. The first kappa shape index (κ1) is 14.4. The van der Waals surface area contributed by atoms with Crippen molar-refractivity contribution in [2.75, 3.05) is 0 Å². The van der Waals surface area contributed by atoms with E-state index in [1.54, 1.807) is 11.3 Å². The molecule has 0 saturated carbocycles. The van der Waals surface area contributed by atoms with Crippen LogP contribution < -0.4 is 0 Å². The molecule has 0 aliphatic rings. The smallest absolute Gasteiger partial charge is 0.0348 e. The van der Waals surface area contributed by atoms with Gasteiger partial charge in [0.1, 0.15) is 0 Å². The number of thiophene rings is 1. The molecule has 0 bridgehead atoms. The van der Waals surface area contributed by atoms with Crippen molar-refractivity contribution in [1.82, 2.24) is 0 Å². The van der Waals surface area contributed by atoms with E-state index in [2.05, 4.69) is 96.4 Å². The van der Waals surface area contributed by atoms with E-state index in [0.29, 0.717) is 0 Å². The van der Waals surface area contributed by atoms with E-state index in [9.17, 15) is 0 Å². The van der Waals surface area contributed by atoms with Gasteiger partial charge in [0.2, 0.25) is 0 Å². The van der Waals surface area contributed by atoms with Crippen LogP contribution in [0.3, 0.4) is 0 Å². The molecule has 0 spiro atoms. The van der Waals surface area contributed by atoms with Crippen LogP contribution in [-0.2, 0) is 0 Å². The summed E-state index contributed by atoms with van der Waals surface area (Å²) in [6.07, 6.45) is 4.50. The fraction of sp³-hybridized carbons (Fsp3) is 0. The van der Waals surface area contributed by atoms with Crippen LogP contribution in [0.5, 0.6) is 0 Å². The second-order valence-corrected chi connectivity index (χ2v) is 7.16. The Morgan fingerprint density at radius 2 is 1.20 bits per heavy atom. The van der Waals surface area contributed by atoms with Crippen LogP contribution in [-0.4, -0.2) is 0 Å². The summed E-state index contributed by atoms with van der Waals surface area (Å²) in [4.78, 5) is 0. The Balaban J connectivity index is 1.71. The maximum atomic E-state index is 2.29. The minimum Gasteiger partial charge on any atom is -0.143 e. The van der Waals surface area contributed by atoms with Gasteiger partial charge < -0.3 is 0 Å². The molecule has 0 aliphatic heterocycles. The zero-order valence-corrected chi connectivity index (χ0v) is 14.5. The number of fused-ring (bicyclic) bond motifs is 4. The minimum atomic E-state index is 1.27. The number of hydrogen-bond donors (Lipinski definition) is 0. The SMILES string of the molecule is C(=Cc1cc2ccccc2c2ccccc12)c1csc2ccccc12. The molecule has 25 heavy (non-hydrogen) atoms. The molecular formula is C24H16S. The first-order chi connectivity index (χ1) is 12.4. The van der Waals surface area contributed by atoms with Crippen molar-refractivity contribution in [3.63, 3.8) is 0 Å². The van der Waals surface area contributed by atoms with E-state index in [1.165, 1.54) is 42.8 Å². The molecule has 118 valence electrons. The standard InChI is InChI=1S/C24H16S/c1-2-8-20-17(7-1)15-18(21-9-3-4-11-23(20)21)13-14-19-16-25-24-12-6-5-10-22(19)24/h1-16H. The maximum absolute atomic E-state index is 2.29. The Morgan fingerprint density at radius 1 is 0.560 bits per heavy atom. The molecule has 0 unspecified atom stereocenters. The lowest BCUT2D eigenvalue weighted by atomic mass is 9.96. The van der Waals surface area contributed by atoms with Gasteiger partial charge in [0.25, 0.3) is 0 Å². The monoisotopic (exact) mass is 336 g/mol. The third kappa shape index (κ3) is 2.45. The Kier molecular flexibility index (Phi) is 3.39. The third-order valence-corrected chi connectivity index (χ3v) is 5.74. The molecule has 0 atom stereocenters. The molecule has 4 aromatic carbocycles. The van der Waals surface area contributed by atoms with Crippen molar-refractivity contribution < 1.29 is 0 Å². The van der Waals surface area contributed by atoms with Gasteiger partial charge in [-0.2, -0.15) is 0 Å². The van der Waals surface area contributed by atoms with Crippen molar-refractivity contribution in [2.45, 2.75) is 0 Å². The molecule has 0 saturated heterocycles. The molecular weight excluding hydrogens is 320 g/mol. The molecule has 1 aromatic heterocycles. The van der Waals surface area contributed by atoms with E-state index in [-0.39, 0.29) is 0 Å². The summed E-state index contributed by atoms with van der Waals surface area (Å²) in [5, 5.41) is 8.79. The molecule has 5 aromatic rings. The molecule has 0 nitrogen and oxygen atoms in total. The van der Waals surface area contributed by atoms with Crippen molar-refractivity contribution >= 4 is 55.1 Å². The second kappa shape index (κ2) is 5.87. The average molecular weight is 336 g/mol. The summed E-state index contributed by atoms with van der Waals surface area (Å²) in [6.45, 7) is 0. The summed E-state index contributed by atoms with van der Waals surface area (Å²) in [6, 6.07) is 28.2. The van der Waals surface area contributed by atoms with Crippen LogP contribution in [0.4, 0.5) is 0 Å². The highest BCUT2D eigenvalue weighted by Crippen LogP contribution is 2.31. The summed E-state index contributed by atoms with van der Waals surface area (Å²) in [5.74, 6) is 0. The maximum Gasteiger partial charge on any atom is 0.0348 e. The average Bonchev–Trinajstić information content (AvgIpc) is 3.09. The quantitative estimate of drug-likeness (QED) is 0.295. The van der Waals surface area contributed by atoms with Crippen LogP contribution in [0.25, 0.3) is 43.8 Å². The summed E-state index contributed by atoms with van der Waals surface area (Å²) in [5.41, 5.74) is 2.56. The van der Waals surface area contributed by atoms with Gasteiger partial charge in [-0.05, 0) is 55.6 Å². The van der Waals surface area contributed by atoms with Crippen molar-refractivity contribution in [3.05, 3.63) is 95.4 Å². The van der Waals surface area contributed by atoms with Gasteiger partial charge in [0, 0.05) is 4.70 Å². The Morgan fingerprint density at radius 3 is 2.08 bits per heavy atom. The Labute approximate surface area is 150 Å². The Hall–Kier alpha value is -2.90. The topological polar surface area (TPSA) is 0 Å². The van der Waals surface area contributed by atoms with Gasteiger partial charge in [-0.3, -0.25) is 0 Å². The molecule has 0 aliphatic carbocycles. The van der Waals surface area contributed by atoms with E-state index < -0.39 is 0 Å². The molecule has 5 rings (SSSR count). The zero-order chi connectivity index (χ0) is 16.6. The summed E-state index contributed by atoms with van der Waals surface area (Å²) < 4.78 is 1.34. The van der Waals surface area contributed by atoms with Gasteiger partial charge in [-0.15, -0.1) is 11.3 Å². The Bertz CT molecular complexity index is 1240. The summed E-state index contributed by atoms with van der Waals surface area (Å²) >= 11 is 1.80. The van der Waals surface area contributed by atoms with Crippen molar-refractivity contribution in [2.24, 2.45) is 0 Å². The van der Waals surface area contributed by atoms with E-state index in [1.807, 2.05) is 0 Å².